The smallest absolute Gasteiger partial charge is 0.306 e. The van der Waals surface area contributed by atoms with Gasteiger partial charge in [0, 0.05) is 22.8 Å². The van der Waals surface area contributed by atoms with Gasteiger partial charge in [-0.25, -0.2) is 0 Å². The lowest BCUT2D eigenvalue weighted by atomic mass is 9.85. The molecule has 0 amide bonds. The van der Waals surface area contributed by atoms with Gasteiger partial charge in [0.1, 0.15) is 0 Å². The molecule has 0 radical (unpaired) electrons. The van der Waals surface area contributed by atoms with Crippen LogP contribution in [0.3, 0.4) is 0 Å². The molecule has 1 aromatic carbocycles. The summed E-state index contributed by atoms with van der Waals surface area (Å²) in [5.41, 5.74) is 3.02. The molecule has 2 N–H and O–H groups in total. The Balaban J connectivity index is 1.86. The van der Waals surface area contributed by atoms with Crippen molar-refractivity contribution in [1.29, 1.82) is 0 Å². The van der Waals surface area contributed by atoms with E-state index in [-0.39, 0.29) is 12.0 Å². The van der Waals surface area contributed by atoms with Crippen LogP contribution in [0.15, 0.2) is 30.3 Å². The Morgan fingerprint density at radius 3 is 2.95 bits per heavy atom. The zero-order chi connectivity index (χ0) is 14.8. The molecule has 21 heavy (non-hydrogen) atoms. The number of aliphatic carboxylic acids is 1. The molecule has 4 nitrogen and oxygen atoms in total. The largest absolute Gasteiger partial charge is 0.481 e. The number of para-hydroxylation sites is 1. The topological polar surface area (TPSA) is 62.2 Å². The van der Waals surface area contributed by atoms with Crippen LogP contribution in [-0.2, 0) is 4.79 Å². The maximum absolute atomic E-state index is 11.2. The van der Waals surface area contributed by atoms with Crippen molar-refractivity contribution in [3.8, 4) is 0 Å². The van der Waals surface area contributed by atoms with Crippen LogP contribution < -0.4 is 5.32 Å². The van der Waals surface area contributed by atoms with Crippen LogP contribution in [0.2, 0.25) is 0 Å². The Kier molecular flexibility index (Phi) is 3.78. The van der Waals surface area contributed by atoms with E-state index in [9.17, 15) is 9.90 Å². The van der Waals surface area contributed by atoms with Crippen LogP contribution in [0.1, 0.15) is 31.4 Å². The fourth-order valence-electron chi connectivity index (χ4n) is 3.19. The summed E-state index contributed by atoms with van der Waals surface area (Å²) in [6.07, 6.45) is 3.49. The van der Waals surface area contributed by atoms with Gasteiger partial charge in [0.25, 0.3) is 0 Å². The molecule has 1 aromatic heterocycles. The first-order chi connectivity index (χ1) is 10.1. The van der Waals surface area contributed by atoms with Gasteiger partial charge in [-0.2, -0.15) is 0 Å². The minimum Gasteiger partial charge on any atom is -0.481 e. The number of fused-ring (bicyclic) bond motifs is 1. The van der Waals surface area contributed by atoms with E-state index < -0.39 is 5.97 Å². The molecule has 0 saturated heterocycles. The van der Waals surface area contributed by atoms with Crippen molar-refractivity contribution in [3.63, 3.8) is 0 Å². The van der Waals surface area contributed by atoms with Crippen molar-refractivity contribution in [2.45, 2.75) is 38.6 Å². The predicted octanol–water partition coefficient (Wildman–Crippen LogP) is 3.60. The number of carboxylic acid groups (broad SMARTS) is 1. The number of pyridine rings is 1. The molecular formula is C17H20N2O2. The van der Waals surface area contributed by atoms with Crippen LogP contribution in [0.25, 0.3) is 10.9 Å². The monoisotopic (exact) mass is 284 g/mol. The normalized spacial score (nSPS) is 22.1. The standard InChI is InChI=1S/C17H20N2O2/c1-11-9-16(14-7-2-3-8-15(14)18-11)19-13-6-4-5-12(10-13)17(20)21/h2-3,7-9,12-13H,4-6,10H2,1H3,(H,18,19)(H,20,21). The number of carboxylic acids is 1. The molecule has 2 unspecified atom stereocenters. The second-order valence-electron chi connectivity index (χ2n) is 5.87. The fraction of sp³-hybridized carbons (Fsp3) is 0.412. The van der Waals surface area contributed by atoms with Gasteiger partial charge in [-0.1, -0.05) is 24.6 Å². The van der Waals surface area contributed by atoms with Gasteiger partial charge in [-0.3, -0.25) is 9.78 Å². The minimum atomic E-state index is -0.669. The molecule has 3 rings (SSSR count). The summed E-state index contributed by atoms with van der Waals surface area (Å²) in [4.78, 5) is 15.7. The van der Waals surface area contributed by atoms with Crippen molar-refractivity contribution >= 4 is 22.6 Å². The van der Waals surface area contributed by atoms with E-state index in [4.69, 9.17) is 0 Å². The Labute approximate surface area is 124 Å². The quantitative estimate of drug-likeness (QED) is 0.904. The van der Waals surface area contributed by atoms with Crippen molar-refractivity contribution in [1.82, 2.24) is 4.98 Å². The van der Waals surface area contributed by atoms with Crippen molar-refractivity contribution in [3.05, 3.63) is 36.0 Å². The van der Waals surface area contributed by atoms with Gasteiger partial charge in [0.2, 0.25) is 0 Å². The Morgan fingerprint density at radius 2 is 2.14 bits per heavy atom. The molecule has 0 spiro atoms. The lowest BCUT2D eigenvalue weighted by molar-refractivity contribution is -0.142. The molecule has 2 aromatic rings. The first-order valence-electron chi connectivity index (χ1n) is 7.49. The number of aryl methyl sites for hydroxylation is 1. The third-order valence-corrected chi connectivity index (χ3v) is 4.23. The number of anilines is 1. The third-order valence-electron chi connectivity index (χ3n) is 4.23. The van der Waals surface area contributed by atoms with Crippen LogP contribution >= 0.6 is 0 Å². The van der Waals surface area contributed by atoms with Crippen molar-refractivity contribution in [2.75, 3.05) is 5.32 Å². The van der Waals surface area contributed by atoms with Gasteiger partial charge in [0.05, 0.1) is 11.4 Å². The summed E-state index contributed by atoms with van der Waals surface area (Å²) < 4.78 is 0. The molecule has 0 bridgehead atoms. The number of aromatic nitrogens is 1. The molecule has 0 aliphatic heterocycles. The molecule has 2 atom stereocenters. The summed E-state index contributed by atoms with van der Waals surface area (Å²) in [5, 5.41) is 13.8. The summed E-state index contributed by atoms with van der Waals surface area (Å²) in [6.45, 7) is 1.98. The second-order valence-corrected chi connectivity index (χ2v) is 5.87. The van der Waals surface area contributed by atoms with E-state index in [0.717, 1.165) is 41.5 Å². The second kappa shape index (κ2) is 5.72. The van der Waals surface area contributed by atoms with Crippen molar-refractivity contribution in [2.24, 2.45) is 5.92 Å². The van der Waals surface area contributed by atoms with E-state index in [1.54, 1.807) is 0 Å². The molecule has 1 saturated carbocycles. The maximum atomic E-state index is 11.2. The maximum Gasteiger partial charge on any atom is 0.306 e. The zero-order valence-corrected chi connectivity index (χ0v) is 12.2. The average molecular weight is 284 g/mol. The lowest BCUT2D eigenvalue weighted by Gasteiger charge is -2.28. The van der Waals surface area contributed by atoms with E-state index in [2.05, 4.69) is 16.4 Å². The minimum absolute atomic E-state index is 0.217. The van der Waals surface area contributed by atoms with Gasteiger partial charge in [0.15, 0.2) is 0 Å². The highest BCUT2D eigenvalue weighted by Crippen LogP contribution is 2.30. The van der Waals surface area contributed by atoms with E-state index in [1.165, 1.54) is 0 Å². The highest BCUT2D eigenvalue weighted by molar-refractivity contribution is 5.91. The van der Waals surface area contributed by atoms with E-state index >= 15 is 0 Å². The van der Waals surface area contributed by atoms with E-state index in [0.29, 0.717) is 6.42 Å². The molecular weight excluding hydrogens is 264 g/mol. The first kappa shape index (κ1) is 13.9. The van der Waals surface area contributed by atoms with Crippen molar-refractivity contribution < 1.29 is 9.90 Å². The number of benzene rings is 1. The van der Waals surface area contributed by atoms with Crippen LogP contribution in [0, 0.1) is 12.8 Å². The van der Waals surface area contributed by atoms with E-state index in [1.807, 2.05) is 31.2 Å². The molecule has 1 fully saturated rings. The summed E-state index contributed by atoms with van der Waals surface area (Å²) in [6, 6.07) is 10.3. The van der Waals surface area contributed by atoms with Gasteiger partial charge in [-0.15, -0.1) is 0 Å². The molecule has 110 valence electrons. The fourth-order valence-corrected chi connectivity index (χ4v) is 3.19. The van der Waals surface area contributed by atoms with Gasteiger partial charge < -0.3 is 10.4 Å². The van der Waals surface area contributed by atoms with Gasteiger partial charge >= 0.3 is 5.97 Å². The Morgan fingerprint density at radius 1 is 1.33 bits per heavy atom. The number of nitrogens with one attached hydrogen (secondary N) is 1. The van der Waals surface area contributed by atoms with Crippen LogP contribution in [0.5, 0.6) is 0 Å². The van der Waals surface area contributed by atoms with Crippen LogP contribution in [-0.4, -0.2) is 22.1 Å². The first-order valence-corrected chi connectivity index (χ1v) is 7.49. The Hall–Kier alpha value is -2.10. The number of nitrogens with zero attached hydrogens (tertiary/aromatic N) is 1. The number of carbonyl (C=O) groups is 1. The molecule has 1 aliphatic carbocycles. The number of hydrogen-bond acceptors (Lipinski definition) is 3. The zero-order valence-electron chi connectivity index (χ0n) is 12.2. The highest BCUT2D eigenvalue weighted by Gasteiger charge is 2.27. The lowest BCUT2D eigenvalue weighted by Crippen LogP contribution is -2.31. The molecule has 1 aliphatic rings. The van der Waals surface area contributed by atoms with Gasteiger partial charge in [-0.05, 0) is 38.3 Å². The summed E-state index contributed by atoms with van der Waals surface area (Å²) >= 11 is 0. The highest BCUT2D eigenvalue weighted by atomic mass is 16.4. The average Bonchev–Trinajstić information content (AvgIpc) is 2.47. The van der Waals surface area contributed by atoms with Crippen LogP contribution in [0.4, 0.5) is 5.69 Å². The molecule has 4 heteroatoms. The third kappa shape index (κ3) is 2.99. The molecule has 1 heterocycles. The Bertz CT molecular complexity index is 669. The summed E-state index contributed by atoms with van der Waals surface area (Å²) in [7, 11) is 0. The predicted molar refractivity (Wildman–Crippen MR) is 83.5 cm³/mol. The SMILES string of the molecule is Cc1cc(NC2CCCC(C(=O)O)C2)c2ccccc2n1. The number of hydrogen-bond donors (Lipinski definition) is 2. The summed E-state index contributed by atoms with van der Waals surface area (Å²) in [5.74, 6) is -0.886. The number of rotatable bonds is 3.